The number of hydrogen-bond donors (Lipinski definition) is 1. The minimum atomic E-state index is -0.412. The molecule has 1 amide bonds. The van der Waals surface area contributed by atoms with E-state index in [-0.39, 0.29) is 11.6 Å². The topological polar surface area (TPSA) is 85.4 Å². The Hall–Kier alpha value is -3.32. The minimum absolute atomic E-state index is 0.0441. The molecule has 2 aromatic carbocycles. The van der Waals surface area contributed by atoms with Crippen LogP contribution in [0.25, 0.3) is 17.4 Å². The molecule has 1 aromatic heterocycles. The zero-order valence-electron chi connectivity index (χ0n) is 14.3. The summed E-state index contributed by atoms with van der Waals surface area (Å²) < 4.78 is 5.83. The smallest absolute Gasteiger partial charge is 0.273 e. The number of carbonyl (C=O) groups is 1. The molecule has 0 aliphatic carbocycles. The van der Waals surface area contributed by atoms with E-state index >= 15 is 0 Å². The number of thioether (sulfide) groups is 1. The Morgan fingerprint density at radius 3 is 2.74 bits per heavy atom. The van der Waals surface area contributed by atoms with Crippen LogP contribution in [0.15, 0.2) is 68.8 Å². The fourth-order valence-electron chi connectivity index (χ4n) is 2.90. The molecule has 0 spiro atoms. The highest BCUT2D eigenvalue weighted by Crippen LogP contribution is 2.39. The van der Waals surface area contributed by atoms with Crippen LogP contribution >= 0.6 is 11.8 Å². The summed E-state index contributed by atoms with van der Waals surface area (Å²) in [6.07, 6.45) is 1.67. The minimum Gasteiger partial charge on any atom is -0.457 e. The van der Waals surface area contributed by atoms with Gasteiger partial charge in [-0.2, -0.15) is 0 Å². The first-order valence-electron chi connectivity index (χ1n) is 8.17. The number of benzene rings is 2. The van der Waals surface area contributed by atoms with Gasteiger partial charge in [-0.25, -0.2) is 0 Å². The number of amides is 1. The van der Waals surface area contributed by atoms with E-state index in [9.17, 15) is 14.9 Å². The molecule has 2 heterocycles. The summed E-state index contributed by atoms with van der Waals surface area (Å²) in [6.45, 7) is 1.69. The van der Waals surface area contributed by atoms with Crippen LogP contribution in [0.2, 0.25) is 0 Å². The van der Waals surface area contributed by atoms with Crippen molar-refractivity contribution in [2.75, 3.05) is 5.32 Å². The van der Waals surface area contributed by atoms with Crippen molar-refractivity contribution in [2.45, 2.75) is 11.8 Å². The number of para-hydroxylation sites is 1. The van der Waals surface area contributed by atoms with E-state index in [1.165, 1.54) is 17.8 Å². The molecule has 0 radical (unpaired) electrons. The number of furan rings is 1. The summed E-state index contributed by atoms with van der Waals surface area (Å²) in [5.41, 5.74) is 2.02. The van der Waals surface area contributed by atoms with E-state index < -0.39 is 4.92 Å². The Balaban J connectivity index is 1.66. The van der Waals surface area contributed by atoms with E-state index in [1.54, 1.807) is 37.3 Å². The lowest BCUT2D eigenvalue weighted by atomic mass is 10.1. The second kappa shape index (κ2) is 6.77. The molecule has 0 saturated carbocycles. The van der Waals surface area contributed by atoms with Crippen LogP contribution in [0.5, 0.6) is 0 Å². The van der Waals surface area contributed by atoms with Crippen molar-refractivity contribution in [3.05, 3.63) is 80.9 Å². The van der Waals surface area contributed by atoms with Crippen molar-refractivity contribution in [2.24, 2.45) is 0 Å². The van der Waals surface area contributed by atoms with Crippen LogP contribution in [0.1, 0.15) is 11.3 Å². The molecule has 6 nitrogen and oxygen atoms in total. The maximum atomic E-state index is 12.3. The second-order valence-electron chi connectivity index (χ2n) is 5.97. The molecule has 1 aliphatic heterocycles. The quantitative estimate of drug-likeness (QED) is 0.382. The maximum Gasteiger partial charge on any atom is 0.273 e. The third-order valence-electron chi connectivity index (χ3n) is 4.25. The first-order chi connectivity index (χ1) is 13.0. The number of anilines is 1. The monoisotopic (exact) mass is 378 g/mol. The average molecular weight is 378 g/mol. The third-order valence-corrected chi connectivity index (χ3v) is 5.35. The largest absolute Gasteiger partial charge is 0.457 e. The molecule has 4 rings (SSSR count). The third kappa shape index (κ3) is 3.24. The number of carbonyl (C=O) groups excluding carboxylic acids is 1. The van der Waals surface area contributed by atoms with Crippen LogP contribution in [0, 0.1) is 17.0 Å². The summed E-state index contributed by atoms with van der Waals surface area (Å²) >= 11 is 1.37. The lowest BCUT2D eigenvalue weighted by molar-refractivity contribution is -0.385. The van der Waals surface area contributed by atoms with Crippen molar-refractivity contribution in [3.63, 3.8) is 0 Å². The highest BCUT2D eigenvalue weighted by molar-refractivity contribution is 8.04. The van der Waals surface area contributed by atoms with Gasteiger partial charge in [0.15, 0.2) is 0 Å². The molecule has 134 valence electrons. The van der Waals surface area contributed by atoms with Gasteiger partial charge in [-0.3, -0.25) is 14.9 Å². The lowest BCUT2D eigenvalue weighted by Gasteiger charge is -2.17. The molecule has 7 heteroatoms. The van der Waals surface area contributed by atoms with Gasteiger partial charge in [0.05, 0.1) is 15.5 Å². The lowest BCUT2D eigenvalue weighted by Crippen LogP contribution is -2.16. The van der Waals surface area contributed by atoms with Crippen molar-refractivity contribution in [1.82, 2.24) is 0 Å². The van der Waals surface area contributed by atoms with Crippen molar-refractivity contribution in [1.29, 1.82) is 0 Å². The Bertz CT molecular complexity index is 1100. The highest BCUT2D eigenvalue weighted by atomic mass is 32.2. The molecule has 0 saturated heterocycles. The van der Waals surface area contributed by atoms with E-state index in [1.807, 2.05) is 24.3 Å². The number of fused-ring (bicyclic) bond motifs is 1. The van der Waals surface area contributed by atoms with Crippen molar-refractivity contribution >= 4 is 35.1 Å². The Morgan fingerprint density at radius 1 is 1.11 bits per heavy atom. The number of hydrogen-bond acceptors (Lipinski definition) is 5. The molecular weight excluding hydrogens is 364 g/mol. The molecular formula is C20H14N2O4S. The molecule has 0 fully saturated rings. The zero-order valence-corrected chi connectivity index (χ0v) is 15.1. The molecule has 1 N–H and O–H groups in total. The molecule has 0 bridgehead atoms. The van der Waals surface area contributed by atoms with Gasteiger partial charge in [0.25, 0.3) is 11.6 Å². The Kier molecular flexibility index (Phi) is 4.29. The molecule has 0 atom stereocenters. The number of rotatable bonds is 3. The predicted octanol–water partition coefficient (Wildman–Crippen LogP) is 5.25. The van der Waals surface area contributed by atoms with Gasteiger partial charge in [0, 0.05) is 28.2 Å². The summed E-state index contributed by atoms with van der Waals surface area (Å²) in [6, 6.07) is 15.9. The van der Waals surface area contributed by atoms with Crippen molar-refractivity contribution < 1.29 is 14.1 Å². The molecule has 0 unspecified atom stereocenters. The Labute approximate surface area is 159 Å². The van der Waals surface area contributed by atoms with Gasteiger partial charge < -0.3 is 9.73 Å². The average Bonchev–Trinajstić information content (AvgIpc) is 3.10. The second-order valence-corrected chi connectivity index (χ2v) is 7.05. The van der Waals surface area contributed by atoms with E-state index in [0.717, 1.165) is 10.6 Å². The molecule has 27 heavy (non-hydrogen) atoms. The maximum absolute atomic E-state index is 12.3. The molecule has 3 aromatic rings. The van der Waals surface area contributed by atoms with Crippen LogP contribution in [-0.4, -0.2) is 10.8 Å². The van der Waals surface area contributed by atoms with Crippen LogP contribution in [-0.2, 0) is 4.79 Å². The van der Waals surface area contributed by atoms with Crippen LogP contribution in [0.3, 0.4) is 0 Å². The van der Waals surface area contributed by atoms with Gasteiger partial charge in [0.1, 0.15) is 11.5 Å². The summed E-state index contributed by atoms with van der Waals surface area (Å²) in [7, 11) is 0. The number of nitrogens with one attached hydrogen (secondary N) is 1. The fraction of sp³-hybridized carbons (Fsp3) is 0.0500. The normalized spacial score (nSPS) is 14.7. The number of nitrogens with zero attached hydrogens (tertiary/aromatic N) is 1. The Morgan fingerprint density at radius 2 is 1.93 bits per heavy atom. The highest BCUT2D eigenvalue weighted by Gasteiger charge is 2.21. The van der Waals surface area contributed by atoms with Crippen LogP contribution in [0.4, 0.5) is 11.4 Å². The fourth-order valence-corrected chi connectivity index (χ4v) is 3.83. The van der Waals surface area contributed by atoms with E-state index in [4.69, 9.17) is 4.42 Å². The van der Waals surface area contributed by atoms with Crippen molar-refractivity contribution in [3.8, 4) is 11.3 Å². The summed E-state index contributed by atoms with van der Waals surface area (Å²) in [5.74, 6) is 0.834. The van der Waals surface area contributed by atoms with E-state index in [2.05, 4.69) is 5.32 Å². The van der Waals surface area contributed by atoms with Gasteiger partial charge >= 0.3 is 0 Å². The van der Waals surface area contributed by atoms with Crippen LogP contribution < -0.4 is 5.32 Å². The van der Waals surface area contributed by atoms with E-state index in [0.29, 0.717) is 27.6 Å². The molecule has 1 aliphatic rings. The van der Waals surface area contributed by atoms with Gasteiger partial charge in [0.2, 0.25) is 0 Å². The summed E-state index contributed by atoms with van der Waals surface area (Å²) in [4.78, 5) is 24.5. The zero-order chi connectivity index (χ0) is 19.0. The first-order valence-corrected chi connectivity index (χ1v) is 8.99. The van der Waals surface area contributed by atoms with Gasteiger partial charge in [-0.05, 0) is 31.2 Å². The number of nitro groups is 1. The number of nitro benzene ring substituents is 1. The van der Waals surface area contributed by atoms with Gasteiger partial charge in [-0.1, -0.05) is 36.0 Å². The first kappa shape index (κ1) is 17.1. The predicted molar refractivity (Wildman–Crippen MR) is 104 cm³/mol. The van der Waals surface area contributed by atoms with Gasteiger partial charge in [-0.15, -0.1) is 0 Å². The standard InChI is InChI=1S/C20H14N2O4S/c1-12-14(5-4-7-16(12)22(24)25)17-10-9-13(26-17)11-19-20(23)21-15-6-2-3-8-18(15)27-19/h2-11H,1H3,(H,21,23)/b19-11-. The SMILES string of the molecule is Cc1c(-c2ccc(/C=C3\Sc4ccccc4NC3=O)o2)cccc1[N+](=O)[O-]. The summed E-state index contributed by atoms with van der Waals surface area (Å²) in [5, 5.41) is 14.0.